The average Bonchev–Trinajstić information content (AvgIpc) is 2.63. The zero-order chi connectivity index (χ0) is 13.6. The molecule has 0 saturated carbocycles. The summed E-state index contributed by atoms with van der Waals surface area (Å²) in [4.78, 5) is 14.8. The summed E-state index contributed by atoms with van der Waals surface area (Å²) in [6, 6.07) is 6.60. The summed E-state index contributed by atoms with van der Waals surface area (Å²) >= 11 is 0. The van der Waals surface area contributed by atoms with Gasteiger partial charge in [-0.2, -0.15) is 0 Å². The molecule has 4 nitrogen and oxygen atoms in total. The highest BCUT2D eigenvalue weighted by Gasteiger charge is 2.23. The van der Waals surface area contributed by atoms with Gasteiger partial charge in [-0.15, -0.1) is 0 Å². The van der Waals surface area contributed by atoms with Crippen LogP contribution in [0.5, 0.6) is 0 Å². The summed E-state index contributed by atoms with van der Waals surface area (Å²) in [5.41, 5.74) is 3.45. The third-order valence-corrected chi connectivity index (χ3v) is 4.30. The van der Waals surface area contributed by atoms with E-state index >= 15 is 0 Å². The number of piperidine rings is 1. The highest BCUT2D eigenvalue weighted by Crippen LogP contribution is 2.25. The van der Waals surface area contributed by atoms with Crippen LogP contribution in [0.25, 0.3) is 11.0 Å². The van der Waals surface area contributed by atoms with Gasteiger partial charge >= 0.3 is 5.69 Å². The minimum absolute atomic E-state index is 0.121. The zero-order valence-corrected chi connectivity index (χ0v) is 11.9. The van der Waals surface area contributed by atoms with Gasteiger partial charge in [-0.1, -0.05) is 6.07 Å². The number of likely N-dealkylation sites (tertiary alicyclic amines) is 1. The first-order valence-corrected chi connectivity index (χ1v) is 6.94. The number of aromatic nitrogens is 2. The Labute approximate surface area is 113 Å². The molecule has 1 aliphatic heterocycles. The third kappa shape index (κ3) is 2.00. The second-order valence-electron chi connectivity index (χ2n) is 5.74. The van der Waals surface area contributed by atoms with Gasteiger partial charge in [-0.05, 0) is 57.6 Å². The van der Waals surface area contributed by atoms with E-state index in [9.17, 15) is 4.79 Å². The number of hydrogen-bond donors (Lipinski definition) is 0. The Morgan fingerprint density at radius 3 is 2.47 bits per heavy atom. The van der Waals surface area contributed by atoms with Crippen molar-refractivity contribution in [3.63, 3.8) is 0 Å². The van der Waals surface area contributed by atoms with Crippen molar-refractivity contribution in [2.75, 3.05) is 20.1 Å². The van der Waals surface area contributed by atoms with E-state index in [2.05, 4.69) is 37.1 Å². The molecule has 0 N–H and O–H groups in total. The Kier molecular flexibility index (Phi) is 2.97. The van der Waals surface area contributed by atoms with Crippen molar-refractivity contribution < 1.29 is 0 Å². The van der Waals surface area contributed by atoms with E-state index in [-0.39, 0.29) is 5.69 Å². The molecule has 1 aliphatic rings. The van der Waals surface area contributed by atoms with Crippen LogP contribution < -0.4 is 5.69 Å². The third-order valence-electron chi connectivity index (χ3n) is 4.30. The van der Waals surface area contributed by atoms with E-state index < -0.39 is 0 Å². The molecule has 0 spiro atoms. The van der Waals surface area contributed by atoms with Crippen LogP contribution in [0.2, 0.25) is 0 Å². The van der Waals surface area contributed by atoms with E-state index in [0.29, 0.717) is 6.04 Å². The first-order valence-electron chi connectivity index (χ1n) is 6.94. The maximum Gasteiger partial charge on any atom is 0.329 e. The Bertz CT molecular complexity index is 660. The van der Waals surface area contributed by atoms with E-state index in [4.69, 9.17) is 0 Å². The summed E-state index contributed by atoms with van der Waals surface area (Å²) in [5, 5.41) is 0. The maximum atomic E-state index is 12.5. The van der Waals surface area contributed by atoms with Crippen molar-refractivity contribution in [3.8, 4) is 0 Å². The van der Waals surface area contributed by atoms with Crippen molar-refractivity contribution in [2.45, 2.75) is 25.8 Å². The number of hydrogen-bond acceptors (Lipinski definition) is 2. The molecule has 2 heterocycles. The number of aryl methyl sites for hydroxylation is 2. The molecule has 1 aromatic heterocycles. The minimum atomic E-state index is 0.121. The van der Waals surface area contributed by atoms with Crippen molar-refractivity contribution >= 4 is 11.0 Å². The van der Waals surface area contributed by atoms with Gasteiger partial charge in [-0.3, -0.25) is 9.13 Å². The molecule has 2 aromatic rings. The lowest BCUT2D eigenvalue weighted by molar-refractivity contribution is 0.221. The van der Waals surface area contributed by atoms with Crippen LogP contribution in [0.3, 0.4) is 0 Å². The van der Waals surface area contributed by atoms with Crippen molar-refractivity contribution in [1.82, 2.24) is 14.0 Å². The SMILES string of the molecule is Cc1ccc2c(c1)n(C1CCN(C)CC1)c(=O)n2C. The fourth-order valence-electron chi connectivity index (χ4n) is 3.08. The quantitative estimate of drug-likeness (QED) is 0.783. The maximum absolute atomic E-state index is 12.5. The normalized spacial score (nSPS) is 18.3. The van der Waals surface area contributed by atoms with Gasteiger partial charge in [-0.25, -0.2) is 4.79 Å². The van der Waals surface area contributed by atoms with Crippen molar-refractivity contribution in [3.05, 3.63) is 34.2 Å². The van der Waals surface area contributed by atoms with Gasteiger partial charge in [0.05, 0.1) is 11.0 Å². The molecule has 3 rings (SSSR count). The van der Waals surface area contributed by atoms with E-state index in [1.807, 2.05) is 11.6 Å². The molecule has 0 radical (unpaired) electrons. The van der Waals surface area contributed by atoms with Crippen LogP contribution in [0, 0.1) is 6.92 Å². The molecular formula is C15H21N3O. The largest absolute Gasteiger partial charge is 0.329 e. The minimum Gasteiger partial charge on any atom is -0.306 e. The van der Waals surface area contributed by atoms with Gasteiger partial charge in [0.2, 0.25) is 0 Å². The average molecular weight is 259 g/mol. The smallest absolute Gasteiger partial charge is 0.306 e. The predicted octanol–water partition coefficient (Wildman–Crippen LogP) is 1.92. The molecular weight excluding hydrogens is 238 g/mol. The summed E-state index contributed by atoms with van der Waals surface area (Å²) in [6.07, 6.45) is 2.12. The Morgan fingerprint density at radius 1 is 1.11 bits per heavy atom. The molecule has 0 amide bonds. The lowest BCUT2D eigenvalue weighted by Crippen LogP contribution is -2.35. The zero-order valence-electron chi connectivity index (χ0n) is 11.9. The van der Waals surface area contributed by atoms with Crippen molar-refractivity contribution in [1.29, 1.82) is 0 Å². The summed E-state index contributed by atoms with van der Waals surface area (Å²) in [6.45, 7) is 4.22. The number of imidazole rings is 1. The second-order valence-corrected chi connectivity index (χ2v) is 5.74. The van der Waals surface area contributed by atoms with E-state index in [1.54, 1.807) is 4.57 Å². The molecule has 0 bridgehead atoms. The van der Waals surface area contributed by atoms with Gasteiger partial charge in [0, 0.05) is 13.1 Å². The molecule has 19 heavy (non-hydrogen) atoms. The molecule has 0 aliphatic carbocycles. The van der Waals surface area contributed by atoms with Crippen LogP contribution in [0.15, 0.2) is 23.0 Å². The first-order chi connectivity index (χ1) is 9.08. The molecule has 0 unspecified atom stereocenters. The Hall–Kier alpha value is -1.55. The topological polar surface area (TPSA) is 30.2 Å². The summed E-state index contributed by atoms with van der Waals surface area (Å²) in [5.74, 6) is 0. The Balaban J connectivity index is 2.15. The molecule has 1 aromatic carbocycles. The van der Waals surface area contributed by atoms with Crippen LogP contribution in [-0.2, 0) is 7.05 Å². The van der Waals surface area contributed by atoms with Gasteiger partial charge in [0.15, 0.2) is 0 Å². The Morgan fingerprint density at radius 2 is 1.79 bits per heavy atom. The van der Waals surface area contributed by atoms with Gasteiger partial charge < -0.3 is 4.90 Å². The lowest BCUT2D eigenvalue weighted by atomic mass is 10.1. The van der Waals surface area contributed by atoms with Gasteiger partial charge in [0.1, 0.15) is 0 Å². The fraction of sp³-hybridized carbons (Fsp3) is 0.533. The number of rotatable bonds is 1. The van der Waals surface area contributed by atoms with Crippen LogP contribution in [0.1, 0.15) is 24.4 Å². The number of fused-ring (bicyclic) bond motifs is 1. The molecule has 4 heteroatoms. The van der Waals surface area contributed by atoms with Crippen LogP contribution >= 0.6 is 0 Å². The molecule has 102 valence electrons. The standard InChI is InChI=1S/C15H21N3O/c1-11-4-5-13-14(10-11)18(15(19)17(13)3)12-6-8-16(2)9-7-12/h4-5,10,12H,6-9H2,1-3H3. The van der Waals surface area contributed by atoms with Crippen LogP contribution in [-0.4, -0.2) is 34.2 Å². The number of benzene rings is 1. The highest BCUT2D eigenvalue weighted by molar-refractivity contribution is 5.77. The van der Waals surface area contributed by atoms with Gasteiger partial charge in [0.25, 0.3) is 0 Å². The molecule has 0 atom stereocenters. The van der Waals surface area contributed by atoms with Crippen molar-refractivity contribution in [2.24, 2.45) is 7.05 Å². The van der Waals surface area contributed by atoms with Crippen LogP contribution in [0.4, 0.5) is 0 Å². The lowest BCUT2D eigenvalue weighted by Gasteiger charge is -2.29. The summed E-state index contributed by atoms with van der Waals surface area (Å²) in [7, 11) is 4.01. The molecule has 1 saturated heterocycles. The summed E-state index contributed by atoms with van der Waals surface area (Å²) < 4.78 is 3.78. The first kappa shape index (κ1) is 12.5. The highest BCUT2D eigenvalue weighted by atomic mass is 16.1. The molecule has 1 fully saturated rings. The second kappa shape index (κ2) is 4.53. The van der Waals surface area contributed by atoms with E-state index in [1.165, 1.54) is 5.56 Å². The monoisotopic (exact) mass is 259 g/mol. The number of nitrogens with zero attached hydrogens (tertiary/aromatic N) is 3. The fourth-order valence-corrected chi connectivity index (χ4v) is 3.08. The van der Waals surface area contributed by atoms with E-state index in [0.717, 1.165) is 37.0 Å². The predicted molar refractivity (Wildman–Crippen MR) is 77.7 cm³/mol.